The number of allylic oxidation sites excluding steroid dienone is 4. The van der Waals surface area contributed by atoms with E-state index in [-0.39, 0.29) is 108 Å². The highest BCUT2D eigenvalue weighted by Gasteiger charge is 2.63. The Morgan fingerprint density at radius 2 is 1.59 bits per heavy atom. The Morgan fingerprint density at radius 1 is 0.761 bits per heavy atom. The third-order valence-corrected chi connectivity index (χ3v) is 23.2. The number of benzene rings is 5. The van der Waals surface area contributed by atoms with Crippen LogP contribution in [0.4, 0.5) is 0 Å². The van der Waals surface area contributed by atoms with Crippen LogP contribution in [0.2, 0.25) is 0 Å². The van der Waals surface area contributed by atoms with Crippen molar-refractivity contribution in [3.63, 3.8) is 0 Å². The summed E-state index contributed by atoms with van der Waals surface area (Å²) in [6, 6.07) is 37.5. The quantitative estimate of drug-likeness (QED) is 0.0547. The molecule has 6 aromatic rings. The summed E-state index contributed by atoms with van der Waals surface area (Å²) in [5.41, 5.74) is 10.8. The highest BCUT2D eigenvalue weighted by molar-refractivity contribution is 5.91. The molecule has 4 aliphatic heterocycles. The summed E-state index contributed by atoms with van der Waals surface area (Å²) in [7, 11) is 1.52. The molecule has 0 unspecified atom stereocenters. The Labute approximate surface area is 515 Å². The second-order valence-corrected chi connectivity index (χ2v) is 27.5. The van der Waals surface area contributed by atoms with Gasteiger partial charge in [0.2, 0.25) is 0 Å². The van der Waals surface area contributed by atoms with Crippen molar-refractivity contribution in [1.82, 2.24) is 0 Å². The van der Waals surface area contributed by atoms with Crippen LogP contribution in [0, 0.1) is 29.6 Å². The second kappa shape index (κ2) is 22.7. The lowest BCUT2D eigenvalue weighted by Crippen LogP contribution is -2.59. The number of aliphatic hydroxyl groups is 3. The van der Waals surface area contributed by atoms with Crippen LogP contribution < -0.4 is 10.4 Å². The third kappa shape index (κ3) is 9.20. The van der Waals surface area contributed by atoms with Gasteiger partial charge in [-0.05, 0) is 186 Å². The zero-order valence-electron chi connectivity index (χ0n) is 50.7. The van der Waals surface area contributed by atoms with E-state index in [4.69, 9.17) is 23.4 Å². The number of carbonyl (C=O) groups excluding carboxylic acids is 2. The van der Waals surface area contributed by atoms with Crippen LogP contribution in [0.3, 0.4) is 0 Å². The maximum Gasteiger partial charge on any atom is 0.340 e. The molecular weight excluding hydrogens is 1100 g/mol. The number of hydrogen-bond donors (Lipinski definition) is 3. The van der Waals surface area contributed by atoms with Gasteiger partial charge in [-0.25, -0.2) is 9.59 Å². The van der Waals surface area contributed by atoms with E-state index in [1.807, 2.05) is 13.0 Å². The Hall–Kier alpha value is -7.15. The van der Waals surface area contributed by atoms with Crippen LogP contribution in [0.5, 0.6) is 5.75 Å². The first-order valence-electron chi connectivity index (χ1n) is 32.6. The predicted molar refractivity (Wildman–Crippen MR) is 338 cm³/mol. The highest BCUT2D eigenvalue weighted by atomic mass is 16.6. The molecule has 7 bridgehead atoms. The van der Waals surface area contributed by atoms with Gasteiger partial charge in [0.25, 0.3) is 0 Å². The molecule has 5 heterocycles. The molecule has 11 nitrogen and oxygen atoms in total. The summed E-state index contributed by atoms with van der Waals surface area (Å²) in [6.07, 6.45) is 20.6. The monoisotopic (exact) mass is 1180 g/mol. The van der Waals surface area contributed by atoms with Gasteiger partial charge in [0.05, 0.1) is 25.4 Å². The molecule has 0 amide bonds. The van der Waals surface area contributed by atoms with Gasteiger partial charge in [0, 0.05) is 65.7 Å². The topological polar surface area (TPSA) is 162 Å². The van der Waals surface area contributed by atoms with Crippen LogP contribution >= 0.6 is 0 Å². The van der Waals surface area contributed by atoms with E-state index in [0.717, 1.165) is 44.1 Å². The molecular formula is C77H80O11. The molecule has 6 aliphatic carbocycles. The lowest BCUT2D eigenvalue weighted by molar-refractivity contribution is -0.202. The molecule has 88 heavy (non-hydrogen) atoms. The molecule has 0 spiro atoms. The maximum absolute atomic E-state index is 16.0. The van der Waals surface area contributed by atoms with E-state index in [0.29, 0.717) is 53.0 Å². The minimum Gasteiger partial charge on any atom is -0.483 e. The minimum absolute atomic E-state index is 0.00315. The average Bonchev–Trinajstić information content (AvgIpc) is 2.20. The standard InChI is InChI=1S/C77H80O11/c1-43(40-79)60-35-49-18-19-50-37-63-58-27-21-44-11-4-6-16-56(44)62(58)39-66(63)76(2)73(87-74(60)82)72(70-67(88-76)29-28-59-64(41-80)69(75(83)86-71(59)70)51(30-32-78)42-84-3)85-68(81)38-52-33-47(22-25-55(52)48-23-26-57(49)61(50)36-48)46-13-10-15-54(34-46)77-31-9-8-14-53(77)24-20-45-12-5-7-17-65(45)77/h4-7,10-13,15-17,20-29,34,36,47,49-53,55,58,62-63,66,72-73,78-80H,8-9,14,18-19,30-33,35,37-42H2,1-3H3/b60-43-/t47-,49+,50-,51-,52+,53-,55-,58+,62-,63-,66-,72-,73+,76+,77-/m1/s1. The molecule has 454 valence electrons. The van der Waals surface area contributed by atoms with Gasteiger partial charge in [-0.2, -0.15) is 0 Å². The van der Waals surface area contributed by atoms with Gasteiger partial charge in [-0.15, -0.1) is 0 Å². The summed E-state index contributed by atoms with van der Waals surface area (Å²) >= 11 is 0. The molecule has 1 saturated heterocycles. The lowest BCUT2D eigenvalue weighted by Gasteiger charge is -2.50. The molecule has 15 atom stereocenters. The van der Waals surface area contributed by atoms with Gasteiger partial charge >= 0.3 is 17.6 Å². The summed E-state index contributed by atoms with van der Waals surface area (Å²) in [5, 5.41) is 33.0. The van der Waals surface area contributed by atoms with Gasteiger partial charge in [-0.3, -0.25) is 4.79 Å². The van der Waals surface area contributed by atoms with Crippen LogP contribution in [0.25, 0.3) is 23.1 Å². The van der Waals surface area contributed by atoms with Crippen LogP contribution in [-0.4, -0.2) is 65.9 Å². The molecule has 11 heteroatoms. The number of esters is 2. The maximum atomic E-state index is 16.0. The predicted octanol–water partition coefficient (Wildman–Crippen LogP) is 14.2. The van der Waals surface area contributed by atoms with Crippen molar-refractivity contribution in [2.45, 2.75) is 156 Å². The van der Waals surface area contributed by atoms with Crippen LogP contribution in [0.15, 0.2) is 148 Å². The molecule has 0 radical (unpaired) electrons. The van der Waals surface area contributed by atoms with E-state index in [1.165, 1.54) is 58.0 Å². The zero-order chi connectivity index (χ0) is 60.2. The van der Waals surface area contributed by atoms with Crippen LogP contribution in [-0.2, 0) is 35.8 Å². The first kappa shape index (κ1) is 57.3. The molecule has 16 rings (SSSR count). The zero-order valence-corrected chi connectivity index (χ0v) is 50.7. The van der Waals surface area contributed by atoms with E-state index < -0.39 is 47.9 Å². The SMILES string of the molecule is COC[C@@H](CCO)c1c(CO)c2ccc3c(c2oc1=O)[C@H]1OC(=O)C[C@@H]2C[C@H](c4cccc([C@@]56CCCC[C@@H]5C=Cc5ccccc56)c4)C=C[C@@H]2c2ccc4c(c2)[C@@H]2CC[C@H]4C/C(=C(\C)CO)C(=O)O[C@@H]1[C@@](C)(O3)[C@@H]1C[C@@H]3c4ccccc4C=C[C@@H]3[C@H]1C2. The fourth-order valence-electron chi connectivity index (χ4n) is 19.1. The van der Waals surface area contributed by atoms with Crippen molar-refractivity contribution in [3.05, 3.63) is 216 Å². The number of methoxy groups -OCH3 is 1. The number of hydrogen-bond acceptors (Lipinski definition) is 11. The number of aliphatic hydroxyl groups excluding tert-OH is 3. The summed E-state index contributed by atoms with van der Waals surface area (Å²) in [6.45, 7) is 2.77. The van der Waals surface area contributed by atoms with E-state index >= 15 is 9.59 Å². The van der Waals surface area contributed by atoms with E-state index in [1.54, 1.807) is 13.0 Å². The largest absolute Gasteiger partial charge is 0.483 e. The van der Waals surface area contributed by atoms with Crippen molar-refractivity contribution in [2.75, 3.05) is 26.9 Å². The first-order valence-corrected chi connectivity index (χ1v) is 32.6. The van der Waals surface area contributed by atoms with Gasteiger partial charge in [0.15, 0.2) is 17.8 Å². The molecule has 3 fully saturated rings. The van der Waals surface area contributed by atoms with Crippen molar-refractivity contribution < 1.29 is 48.3 Å². The van der Waals surface area contributed by atoms with E-state index in [2.05, 4.69) is 127 Å². The number of fused-ring (bicyclic) bond motifs is 17. The van der Waals surface area contributed by atoms with Gasteiger partial charge < -0.3 is 38.7 Å². The molecule has 3 N–H and O–H groups in total. The molecule has 5 aromatic carbocycles. The first-order chi connectivity index (χ1) is 42.9. The van der Waals surface area contributed by atoms with Crippen molar-refractivity contribution in [2.24, 2.45) is 29.6 Å². The van der Waals surface area contributed by atoms with Crippen molar-refractivity contribution >= 4 is 35.1 Å². The summed E-state index contributed by atoms with van der Waals surface area (Å²) < 4.78 is 34.2. The number of ether oxygens (including phenoxy) is 4. The average molecular weight is 1180 g/mol. The fourth-order valence-corrected chi connectivity index (χ4v) is 19.1. The Kier molecular flexibility index (Phi) is 14.8. The van der Waals surface area contributed by atoms with Crippen molar-refractivity contribution in [3.8, 4) is 5.75 Å². The van der Waals surface area contributed by atoms with Gasteiger partial charge in [-0.1, -0.05) is 140 Å². The minimum atomic E-state index is -1.37. The normalized spacial score (nSPS) is 32.4. The molecule has 1 aromatic heterocycles. The Bertz CT molecular complexity index is 3950. The molecule has 2 saturated carbocycles. The van der Waals surface area contributed by atoms with E-state index in [9.17, 15) is 20.1 Å². The Morgan fingerprint density at radius 3 is 2.43 bits per heavy atom. The highest BCUT2D eigenvalue weighted by Crippen LogP contribution is 2.63. The second-order valence-electron chi connectivity index (χ2n) is 27.5. The lowest BCUT2D eigenvalue weighted by atomic mass is 9.56. The number of carbonyl (C=O) groups is 2. The number of rotatable bonds is 9. The van der Waals surface area contributed by atoms with Gasteiger partial charge in [0.1, 0.15) is 11.3 Å². The molecule has 10 aliphatic rings. The summed E-state index contributed by atoms with van der Waals surface area (Å²) in [5.74, 6) is -1.34. The fraction of sp³-hybridized carbons (Fsp3) is 0.442. The smallest absolute Gasteiger partial charge is 0.340 e. The van der Waals surface area contributed by atoms with Crippen molar-refractivity contribution in [1.29, 1.82) is 0 Å². The Balaban J connectivity index is 0.932. The third-order valence-electron chi connectivity index (χ3n) is 23.2. The summed E-state index contributed by atoms with van der Waals surface area (Å²) in [4.78, 5) is 46.6. The van der Waals surface area contributed by atoms with Crippen LogP contribution in [0.1, 0.15) is 199 Å².